The minimum absolute atomic E-state index is 0.134. The minimum atomic E-state index is -0.885. The lowest BCUT2D eigenvalue weighted by Crippen LogP contribution is -2.56. The fourth-order valence-corrected chi connectivity index (χ4v) is 3.82. The molecule has 20 heavy (non-hydrogen) atoms. The molecule has 2 fully saturated rings. The molecular formula is C16H22N2O2. The van der Waals surface area contributed by atoms with Gasteiger partial charge in [-0.25, -0.2) is 4.79 Å². The van der Waals surface area contributed by atoms with Gasteiger partial charge in [-0.1, -0.05) is 36.8 Å². The second kappa shape index (κ2) is 5.83. The van der Waals surface area contributed by atoms with Crippen molar-refractivity contribution in [3.63, 3.8) is 0 Å². The average Bonchev–Trinajstić information content (AvgIpc) is 2.40. The van der Waals surface area contributed by atoms with Gasteiger partial charge in [-0.15, -0.1) is 0 Å². The first kappa shape index (κ1) is 13.4. The second-order valence-corrected chi connectivity index (χ2v) is 6.01. The number of hydrogen-bond acceptors (Lipinski definition) is 2. The monoisotopic (exact) mass is 274 g/mol. The lowest BCUT2D eigenvalue weighted by molar-refractivity contribution is 0.0183. The Morgan fingerprint density at radius 1 is 1.20 bits per heavy atom. The van der Waals surface area contributed by atoms with E-state index >= 15 is 0 Å². The summed E-state index contributed by atoms with van der Waals surface area (Å²) >= 11 is 0. The molecule has 2 aliphatic heterocycles. The third kappa shape index (κ3) is 2.96. The maximum atomic E-state index is 10.8. The number of nitrogens with zero attached hydrogens (tertiary/aromatic N) is 1. The Morgan fingerprint density at radius 3 is 2.45 bits per heavy atom. The van der Waals surface area contributed by atoms with Crippen LogP contribution in [0.5, 0.6) is 0 Å². The molecule has 2 heterocycles. The summed E-state index contributed by atoms with van der Waals surface area (Å²) in [5, 5.41) is 11.6. The van der Waals surface area contributed by atoms with E-state index in [9.17, 15) is 4.79 Å². The fourth-order valence-electron chi connectivity index (χ4n) is 3.82. The Labute approximate surface area is 119 Å². The second-order valence-electron chi connectivity index (χ2n) is 6.01. The van der Waals surface area contributed by atoms with Gasteiger partial charge in [0.2, 0.25) is 0 Å². The Hall–Kier alpha value is -1.55. The van der Waals surface area contributed by atoms with Crippen LogP contribution in [0.1, 0.15) is 37.7 Å². The van der Waals surface area contributed by atoms with E-state index in [-0.39, 0.29) is 6.04 Å². The first-order valence-corrected chi connectivity index (χ1v) is 7.51. The lowest BCUT2D eigenvalue weighted by Gasteiger charge is -2.49. The summed E-state index contributed by atoms with van der Waals surface area (Å²) in [6.07, 6.45) is 4.69. The molecule has 108 valence electrons. The molecule has 4 nitrogen and oxygen atoms in total. The van der Waals surface area contributed by atoms with Crippen molar-refractivity contribution in [1.82, 2.24) is 10.2 Å². The molecule has 0 aliphatic carbocycles. The van der Waals surface area contributed by atoms with Crippen LogP contribution in [0.2, 0.25) is 0 Å². The van der Waals surface area contributed by atoms with Crippen LogP contribution >= 0.6 is 0 Å². The Balaban J connectivity index is 1.69. The summed E-state index contributed by atoms with van der Waals surface area (Å²) in [5.74, 6) is 0. The van der Waals surface area contributed by atoms with Gasteiger partial charge in [0.25, 0.3) is 0 Å². The van der Waals surface area contributed by atoms with E-state index in [2.05, 4.69) is 34.5 Å². The van der Waals surface area contributed by atoms with Gasteiger partial charge in [0.05, 0.1) is 0 Å². The molecule has 3 rings (SSSR count). The van der Waals surface area contributed by atoms with Crippen molar-refractivity contribution in [2.45, 2.75) is 56.8 Å². The van der Waals surface area contributed by atoms with Gasteiger partial charge in [-0.05, 0) is 31.2 Å². The summed E-state index contributed by atoms with van der Waals surface area (Å²) in [4.78, 5) is 13.4. The number of hydrogen-bond donors (Lipinski definition) is 2. The number of piperidine rings is 2. The minimum Gasteiger partial charge on any atom is -0.465 e. The van der Waals surface area contributed by atoms with E-state index in [1.165, 1.54) is 24.8 Å². The van der Waals surface area contributed by atoms with Crippen LogP contribution in [0, 0.1) is 0 Å². The lowest BCUT2D eigenvalue weighted by atomic mass is 9.81. The molecule has 0 unspecified atom stereocenters. The number of carboxylic acid groups (broad SMARTS) is 1. The van der Waals surface area contributed by atoms with Gasteiger partial charge in [-0.3, -0.25) is 4.90 Å². The number of rotatable bonds is 3. The van der Waals surface area contributed by atoms with Crippen molar-refractivity contribution >= 4 is 6.09 Å². The van der Waals surface area contributed by atoms with Gasteiger partial charge in [-0.2, -0.15) is 0 Å². The Bertz CT molecular complexity index is 449. The SMILES string of the molecule is O=C(O)N[C@H]1C[C@H]2CCC[C@@H](C1)N2Cc1ccccc1. The van der Waals surface area contributed by atoms with Gasteiger partial charge in [0.1, 0.15) is 0 Å². The molecule has 1 amide bonds. The summed E-state index contributed by atoms with van der Waals surface area (Å²) in [7, 11) is 0. The quantitative estimate of drug-likeness (QED) is 0.891. The standard InChI is InChI=1S/C16H22N2O2/c19-16(20)17-13-9-14-7-4-8-15(10-13)18(14)11-12-5-2-1-3-6-12/h1-3,5-6,13-15,17H,4,7-11H2,(H,19,20)/t13-,14+,15-. The molecule has 1 aromatic rings. The van der Waals surface area contributed by atoms with E-state index in [4.69, 9.17) is 5.11 Å². The molecule has 0 saturated carbocycles. The van der Waals surface area contributed by atoms with Crippen molar-refractivity contribution < 1.29 is 9.90 Å². The maximum absolute atomic E-state index is 10.8. The first-order valence-electron chi connectivity index (χ1n) is 7.51. The van der Waals surface area contributed by atoms with Crippen LogP contribution in [-0.4, -0.2) is 34.2 Å². The smallest absolute Gasteiger partial charge is 0.404 e. The summed E-state index contributed by atoms with van der Waals surface area (Å²) in [6, 6.07) is 11.8. The van der Waals surface area contributed by atoms with E-state index in [0.29, 0.717) is 12.1 Å². The van der Waals surface area contributed by atoms with Crippen LogP contribution in [-0.2, 0) is 6.54 Å². The van der Waals surface area contributed by atoms with Gasteiger partial charge in [0, 0.05) is 24.7 Å². The molecule has 2 saturated heterocycles. The maximum Gasteiger partial charge on any atom is 0.404 e. The largest absolute Gasteiger partial charge is 0.465 e. The van der Waals surface area contributed by atoms with E-state index < -0.39 is 6.09 Å². The topological polar surface area (TPSA) is 52.6 Å². The first-order chi connectivity index (χ1) is 9.72. The van der Waals surface area contributed by atoms with Gasteiger partial charge >= 0.3 is 6.09 Å². The molecule has 0 aromatic heterocycles. The highest BCUT2D eigenvalue weighted by Gasteiger charge is 2.38. The molecule has 4 heteroatoms. The zero-order valence-corrected chi connectivity index (χ0v) is 11.7. The number of nitrogens with one attached hydrogen (secondary N) is 1. The number of amides is 1. The highest BCUT2D eigenvalue weighted by atomic mass is 16.4. The van der Waals surface area contributed by atoms with Crippen LogP contribution in [0.4, 0.5) is 4.79 Å². The summed E-state index contributed by atoms with van der Waals surface area (Å²) in [5.41, 5.74) is 1.36. The van der Waals surface area contributed by atoms with Gasteiger partial charge < -0.3 is 10.4 Å². The van der Waals surface area contributed by atoms with Crippen molar-refractivity contribution in [3.05, 3.63) is 35.9 Å². The molecule has 0 radical (unpaired) electrons. The highest BCUT2D eigenvalue weighted by molar-refractivity contribution is 5.64. The summed E-state index contributed by atoms with van der Waals surface area (Å²) in [6.45, 7) is 0.996. The van der Waals surface area contributed by atoms with Crippen molar-refractivity contribution in [2.24, 2.45) is 0 Å². The zero-order chi connectivity index (χ0) is 13.9. The van der Waals surface area contributed by atoms with Crippen molar-refractivity contribution in [3.8, 4) is 0 Å². The normalized spacial score (nSPS) is 29.9. The third-order valence-electron chi connectivity index (χ3n) is 4.66. The third-order valence-corrected chi connectivity index (χ3v) is 4.66. The Kier molecular flexibility index (Phi) is 3.92. The predicted molar refractivity (Wildman–Crippen MR) is 77.6 cm³/mol. The molecule has 2 N–H and O–H groups in total. The summed E-state index contributed by atoms with van der Waals surface area (Å²) < 4.78 is 0. The molecule has 3 atom stereocenters. The molecule has 2 bridgehead atoms. The average molecular weight is 274 g/mol. The molecular weight excluding hydrogens is 252 g/mol. The van der Waals surface area contributed by atoms with Crippen molar-refractivity contribution in [2.75, 3.05) is 0 Å². The fraction of sp³-hybridized carbons (Fsp3) is 0.562. The van der Waals surface area contributed by atoms with E-state index in [1.54, 1.807) is 0 Å². The van der Waals surface area contributed by atoms with Crippen LogP contribution in [0.25, 0.3) is 0 Å². The number of carbonyl (C=O) groups is 1. The van der Waals surface area contributed by atoms with Crippen LogP contribution in [0.15, 0.2) is 30.3 Å². The molecule has 0 spiro atoms. The van der Waals surface area contributed by atoms with Crippen LogP contribution in [0.3, 0.4) is 0 Å². The van der Waals surface area contributed by atoms with E-state index in [1.807, 2.05) is 6.07 Å². The Morgan fingerprint density at radius 2 is 1.85 bits per heavy atom. The van der Waals surface area contributed by atoms with Crippen LogP contribution < -0.4 is 5.32 Å². The number of benzene rings is 1. The number of fused-ring (bicyclic) bond motifs is 2. The van der Waals surface area contributed by atoms with E-state index in [0.717, 1.165) is 19.4 Å². The predicted octanol–water partition coefficient (Wildman–Crippen LogP) is 2.84. The van der Waals surface area contributed by atoms with Gasteiger partial charge in [0.15, 0.2) is 0 Å². The van der Waals surface area contributed by atoms with Crippen molar-refractivity contribution in [1.29, 1.82) is 0 Å². The zero-order valence-electron chi connectivity index (χ0n) is 11.7. The highest BCUT2D eigenvalue weighted by Crippen LogP contribution is 2.35. The molecule has 2 aliphatic rings. The molecule has 1 aromatic carbocycles.